The highest BCUT2D eigenvalue weighted by Gasteiger charge is 2.16. The van der Waals surface area contributed by atoms with Gasteiger partial charge in [-0.1, -0.05) is 6.92 Å². The topological polar surface area (TPSA) is 124 Å². The maximum atomic E-state index is 11.1. The van der Waals surface area contributed by atoms with Crippen molar-refractivity contribution in [1.82, 2.24) is 9.97 Å². The van der Waals surface area contributed by atoms with Crippen LogP contribution in [0.5, 0.6) is 0 Å². The molecule has 0 aromatic carbocycles. The minimum Gasteiger partial charge on any atom is -0.368 e. The van der Waals surface area contributed by atoms with Crippen molar-refractivity contribution in [2.24, 2.45) is 0 Å². The predicted octanol–water partition coefficient (Wildman–Crippen LogP) is 0.536. The molecule has 8 nitrogen and oxygen atoms in total. The Hall–Kier alpha value is -1.77. The van der Waals surface area contributed by atoms with Crippen LogP contribution >= 0.6 is 0 Å². The molecule has 2 unspecified atom stereocenters. The second-order valence-electron chi connectivity index (χ2n) is 3.74. The van der Waals surface area contributed by atoms with Crippen molar-refractivity contribution < 1.29 is 9.13 Å². The van der Waals surface area contributed by atoms with Gasteiger partial charge in [-0.05, 0) is 6.42 Å². The van der Waals surface area contributed by atoms with E-state index in [9.17, 15) is 14.3 Å². The predicted molar refractivity (Wildman–Crippen MR) is 69.7 cm³/mol. The number of anilines is 2. The van der Waals surface area contributed by atoms with Gasteiger partial charge in [0.05, 0.1) is 4.92 Å². The molecular weight excluding hydrogens is 258 g/mol. The molecule has 2 atom stereocenters. The molecule has 0 saturated carbocycles. The third kappa shape index (κ3) is 3.91. The van der Waals surface area contributed by atoms with Crippen molar-refractivity contribution >= 4 is 28.3 Å². The van der Waals surface area contributed by atoms with E-state index in [0.29, 0.717) is 13.0 Å². The van der Waals surface area contributed by atoms with E-state index in [1.54, 1.807) is 6.26 Å². The average molecular weight is 273 g/mol. The van der Waals surface area contributed by atoms with Gasteiger partial charge in [0.25, 0.3) is 0 Å². The number of nitrogens with zero attached hydrogens (tertiary/aromatic N) is 3. The SMILES string of the molecule is CC(CCNc1nc(N)ncc1[N+](=O)[O-])S(C)=O. The molecule has 0 aliphatic carbocycles. The first-order valence-corrected chi connectivity index (χ1v) is 6.87. The van der Waals surface area contributed by atoms with Crippen molar-refractivity contribution in [3.63, 3.8) is 0 Å². The van der Waals surface area contributed by atoms with Crippen LogP contribution in [0.15, 0.2) is 6.20 Å². The molecule has 18 heavy (non-hydrogen) atoms. The first kappa shape index (κ1) is 14.3. The maximum absolute atomic E-state index is 11.1. The van der Waals surface area contributed by atoms with E-state index in [2.05, 4.69) is 15.3 Å². The molecule has 0 aliphatic rings. The number of hydrogen-bond donors (Lipinski definition) is 2. The third-order valence-corrected chi connectivity index (χ3v) is 3.76. The lowest BCUT2D eigenvalue weighted by Crippen LogP contribution is -2.16. The summed E-state index contributed by atoms with van der Waals surface area (Å²) in [4.78, 5) is 17.5. The fraction of sp³-hybridized carbons (Fsp3) is 0.556. The van der Waals surface area contributed by atoms with Crippen LogP contribution in [0.1, 0.15) is 13.3 Å². The Morgan fingerprint density at radius 3 is 2.89 bits per heavy atom. The highest BCUT2D eigenvalue weighted by atomic mass is 32.2. The minimum atomic E-state index is -0.918. The Kier molecular flexibility index (Phi) is 4.95. The van der Waals surface area contributed by atoms with E-state index in [1.807, 2.05) is 6.92 Å². The summed E-state index contributed by atoms with van der Waals surface area (Å²) in [6.07, 6.45) is 3.30. The molecule has 0 saturated heterocycles. The summed E-state index contributed by atoms with van der Waals surface area (Å²) in [7, 11) is -0.918. The highest BCUT2D eigenvalue weighted by Crippen LogP contribution is 2.20. The number of aromatic nitrogens is 2. The molecule has 0 bridgehead atoms. The van der Waals surface area contributed by atoms with Crippen LogP contribution in [0.4, 0.5) is 17.5 Å². The Morgan fingerprint density at radius 2 is 2.33 bits per heavy atom. The van der Waals surface area contributed by atoms with Crippen molar-refractivity contribution in [1.29, 1.82) is 0 Å². The van der Waals surface area contributed by atoms with Crippen molar-refractivity contribution in [3.8, 4) is 0 Å². The van der Waals surface area contributed by atoms with E-state index >= 15 is 0 Å². The molecule has 0 spiro atoms. The second-order valence-corrected chi connectivity index (χ2v) is 5.55. The fourth-order valence-corrected chi connectivity index (χ4v) is 1.66. The summed E-state index contributed by atoms with van der Waals surface area (Å²) in [6, 6.07) is 0. The van der Waals surface area contributed by atoms with Crippen LogP contribution in [-0.4, -0.2) is 37.2 Å². The highest BCUT2D eigenvalue weighted by molar-refractivity contribution is 7.84. The normalized spacial score (nSPS) is 13.9. The molecule has 0 aliphatic heterocycles. The van der Waals surface area contributed by atoms with Crippen LogP contribution in [0.2, 0.25) is 0 Å². The average Bonchev–Trinajstić information content (AvgIpc) is 2.28. The van der Waals surface area contributed by atoms with Gasteiger partial charge in [0.1, 0.15) is 6.20 Å². The van der Waals surface area contributed by atoms with Gasteiger partial charge in [-0.15, -0.1) is 0 Å². The maximum Gasteiger partial charge on any atom is 0.329 e. The zero-order valence-corrected chi connectivity index (χ0v) is 10.9. The van der Waals surface area contributed by atoms with Gasteiger partial charge in [-0.25, -0.2) is 4.98 Å². The molecule has 0 amide bonds. The van der Waals surface area contributed by atoms with E-state index in [-0.39, 0.29) is 22.7 Å². The summed E-state index contributed by atoms with van der Waals surface area (Å²) in [6.45, 7) is 2.28. The summed E-state index contributed by atoms with van der Waals surface area (Å²) < 4.78 is 11.1. The van der Waals surface area contributed by atoms with E-state index < -0.39 is 15.7 Å². The molecule has 1 aromatic rings. The third-order valence-electron chi connectivity index (χ3n) is 2.39. The van der Waals surface area contributed by atoms with Gasteiger partial charge in [-0.3, -0.25) is 14.3 Å². The number of nitro groups is 1. The van der Waals surface area contributed by atoms with Gasteiger partial charge in [-0.2, -0.15) is 4.98 Å². The Balaban J connectivity index is 2.69. The number of rotatable bonds is 6. The van der Waals surface area contributed by atoms with E-state index in [4.69, 9.17) is 5.73 Å². The monoisotopic (exact) mass is 273 g/mol. The first-order valence-electron chi connectivity index (χ1n) is 5.24. The second kappa shape index (κ2) is 6.24. The zero-order valence-electron chi connectivity index (χ0n) is 10.1. The number of nitrogens with one attached hydrogen (secondary N) is 1. The Morgan fingerprint density at radius 1 is 1.67 bits per heavy atom. The van der Waals surface area contributed by atoms with Crippen LogP contribution < -0.4 is 11.1 Å². The van der Waals surface area contributed by atoms with Crippen LogP contribution in [0.25, 0.3) is 0 Å². The Bertz CT molecular complexity index is 468. The summed E-state index contributed by atoms with van der Waals surface area (Å²) in [5.41, 5.74) is 5.15. The molecule has 0 radical (unpaired) electrons. The van der Waals surface area contributed by atoms with Crippen LogP contribution in [0.3, 0.4) is 0 Å². The number of hydrogen-bond acceptors (Lipinski definition) is 7. The minimum absolute atomic E-state index is 0.00994. The molecule has 1 rings (SSSR count). The van der Waals surface area contributed by atoms with Crippen LogP contribution in [0, 0.1) is 10.1 Å². The lowest BCUT2D eigenvalue weighted by Gasteiger charge is -2.09. The molecule has 9 heteroatoms. The van der Waals surface area contributed by atoms with Gasteiger partial charge in [0, 0.05) is 28.9 Å². The molecule has 1 aromatic heterocycles. The van der Waals surface area contributed by atoms with Gasteiger partial charge in [0.15, 0.2) is 0 Å². The van der Waals surface area contributed by atoms with E-state index in [1.165, 1.54) is 0 Å². The summed E-state index contributed by atoms with van der Waals surface area (Å²) in [5, 5.41) is 13.6. The first-order chi connectivity index (χ1) is 8.41. The van der Waals surface area contributed by atoms with Crippen molar-refractivity contribution in [3.05, 3.63) is 16.3 Å². The van der Waals surface area contributed by atoms with Crippen molar-refractivity contribution in [2.75, 3.05) is 23.9 Å². The van der Waals surface area contributed by atoms with Gasteiger partial charge < -0.3 is 11.1 Å². The molecule has 1 heterocycles. The largest absolute Gasteiger partial charge is 0.368 e. The number of nitrogen functional groups attached to an aromatic ring is 1. The summed E-state index contributed by atoms with van der Waals surface area (Å²) >= 11 is 0. The lowest BCUT2D eigenvalue weighted by atomic mass is 10.3. The summed E-state index contributed by atoms with van der Waals surface area (Å²) in [5.74, 6) is 0.0526. The van der Waals surface area contributed by atoms with Gasteiger partial charge >= 0.3 is 5.69 Å². The molecular formula is C9H15N5O3S. The van der Waals surface area contributed by atoms with Crippen molar-refractivity contribution in [2.45, 2.75) is 18.6 Å². The molecule has 0 fully saturated rings. The fourth-order valence-electron chi connectivity index (χ4n) is 1.21. The van der Waals surface area contributed by atoms with E-state index in [0.717, 1.165) is 6.20 Å². The number of nitrogens with two attached hydrogens (primary N) is 1. The Labute approximate surface area is 107 Å². The van der Waals surface area contributed by atoms with Gasteiger partial charge in [0.2, 0.25) is 11.8 Å². The smallest absolute Gasteiger partial charge is 0.329 e. The molecule has 100 valence electrons. The van der Waals surface area contributed by atoms with Crippen LogP contribution in [-0.2, 0) is 10.8 Å². The molecule has 3 N–H and O–H groups in total. The lowest BCUT2D eigenvalue weighted by molar-refractivity contribution is -0.384. The standard InChI is InChI=1S/C9H15N5O3S/c1-6(18(2)17)3-4-11-8-7(14(15)16)5-12-9(10)13-8/h5-6H,3-4H2,1-2H3,(H3,10,11,12,13). The zero-order chi connectivity index (χ0) is 13.7. The quantitative estimate of drug-likeness (QED) is 0.572.